The van der Waals surface area contributed by atoms with E-state index in [1.54, 1.807) is 0 Å². The second-order valence-electron chi connectivity index (χ2n) is 1.86. The van der Waals surface area contributed by atoms with Gasteiger partial charge in [0.2, 0.25) is 0 Å². The molecule has 0 amide bonds. The molecule has 0 radical (unpaired) electrons. The van der Waals surface area contributed by atoms with Crippen molar-refractivity contribution in [1.29, 1.82) is 0 Å². The molecular formula is C6H4BrF2NO. The monoisotopic (exact) mass is 223 g/mol. The highest BCUT2D eigenvalue weighted by molar-refractivity contribution is 9.10. The Balaban J connectivity index is 3.09. The topological polar surface area (TPSA) is 23.5 Å². The Labute approximate surface area is 70.1 Å². The van der Waals surface area contributed by atoms with E-state index >= 15 is 0 Å². The van der Waals surface area contributed by atoms with Crippen LogP contribution in [0.3, 0.4) is 0 Å². The van der Waals surface area contributed by atoms with Crippen molar-refractivity contribution < 1.29 is 14.1 Å². The number of rotatable bonds is 1. The highest BCUT2D eigenvalue weighted by Gasteiger charge is 2.07. The quantitative estimate of drug-likeness (QED) is 0.585. The van der Waals surface area contributed by atoms with Gasteiger partial charge in [-0.2, -0.15) is 0 Å². The highest BCUT2D eigenvalue weighted by atomic mass is 79.9. The second-order valence-corrected chi connectivity index (χ2v) is 2.77. The van der Waals surface area contributed by atoms with E-state index in [1.165, 1.54) is 6.07 Å². The van der Waals surface area contributed by atoms with Gasteiger partial charge in [0.25, 0.3) is 0 Å². The summed E-state index contributed by atoms with van der Waals surface area (Å²) in [5, 5.41) is 7.44. The van der Waals surface area contributed by atoms with E-state index in [9.17, 15) is 8.87 Å². The van der Waals surface area contributed by atoms with Gasteiger partial charge in [-0.25, -0.2) is 4.39 Å². The highest BCUT2D eigenvalue weighted by Crippen LogP contribution is 2.21. The van der Waals surface area contributed by atoms with Crippen molar-refractivity contribution in [3.05, 3.63) is 28.5 Å². The molecule has 0 aliphatic heterocycles. The average Bonchev–Trinajstić information content (AvgIpc) is 1.85. The molecule has 0 bridgehead atoms. The minimum atomic E-state index is -0.829. The number of hydrogen-bond acceptors (Lipinski definition) is 2. The lowest BCUT2D eigenvalue weighted by Gasteiger charge is -2.05. The first-order valence-corrected chi connectivity index (χ1v) is 3.50. The lowest BCUT2D eigenvalue weighted by Crippen LogP contribution is -2.05. The van der Waals surface area contributed by atoms with E-state index in [4.69, 9.17) is 5.21 Å². The van der Waals surface area contributed by atoms with E-state index in [0.717, 1.165) is 12.1 Å². The third-order valence-corrected chi connectivity index (χ3v) is 1.60. The average molecular weight is 224 g/mol. The molecule has 0 aliphatic rings. The summed E-state index contributed by atoms with van der Waals surface area (Å²) in [6, 6.07) is 3.58. The van der Waals surface area contributed by atoms with E-state index in [2.05, 4.69) is 15.9 Å². The molecule has 0 aromatic heterocycles. The van der Waals surface area contributed by atoms with Crippen LogP contribution in [0.4, 0.5) is 14.6 Å². The first kappa shape index (κ1) is 8.42. The van der Waals surface area contributed by atoms with E-state index in [1.807, 2.05) is 0 Å². The Morgan fingerprint density at radius 1 is 1.45 bits per heavy atom. The summed E-state index contributed by atoms with van der Waals surface area (Å²) in [4.78, 5) is 0. The fourth-order valence-corrected chi connectivity index (χ4v) is 0.964. The van der Waals surface area contributed by atoms with E-state index in [0.29, 0.717) is 4.47 Å². The van der Waals surface area contributed by atoms with Crippen molar-refractivity contribution in [3.8, 4) is 0 Å². The lowest BCUT2D eigenvalue weighted by atomic mass is 10.3. The van der Waals surface area contributed by atoms with Crippen molar-refractivity contribution in [2.45, 2.75) is 0 Å². The van der Waals surface area contributed by atoms with Crippen LogP contribution in [0.25, 0.3) is 0 Å². The largest absolute Gasteiger partial charge is 0.260 e. The molecule has 1 aromatic rings. The third-order valence-electron chi connectivity index (χ3n) is 1.11. The van der Waals surface area contributed by atoms with Crippen molar-refractivity contribution in [1.82, 2.24) is 0 Å². The summed E-state index contributed by atoms with van der Waals surface area (Å²) in [5.41, 5.74) is -0.506. The van der Waals surface area contributed by atoms with Crippen LogP contribution in [0.1, 0.15) is 0 Å². The fraction of sp³-hybridized carbons (Fsp3) is 0. The van der Waals surface area contributed by atoms with Crippen LogP contribution in [-0.2, 0) is 0 Å². The third kappa shape index (κ3) is 1.87. The van der Waals surface area contributed by atoms with Gasteiger partial charge in [-0.15, -0.1) is 0 Å². The Kier molecular flexibility index (Phi) is 2.41. The molecule has 1 N–H and O–H groups in total. The van der Waals surface area contributed by atoms with Crippen molar-refractivity contribution in [2.24, 2.45) is 0 Å². The Hall–Kier alpha value is -0.680. The Morgan fingerprint density at radius 3 is 2.55 bits per heavy atom. The molecule has 0 saturated carbocycles. The van der Waals surface area contributed by atoms with Crippen LogP contribution < -0.4 is 5.29 Å². The maximum atomic E-state index is 12.6. The molecule has 60 valence electrons. The SMILES string of the molecule is ON(F)c1ccc(Br)cc1F. The number of benzene rings is 1. The van der Waals surface area contributed by atoms with Crippen LogP contribution in [0.2, 0.25) is 0 Å². The molecule has 1 rings (SSSR count). The van der Waals surface area contributed by atoms with Gasteiger partial charge in [0, 0.05) is 4.47 Å². The summed E-state index contributed by atoms with van der Waals surface area (Å²) < 4.78 is 25.1. The van der Waals surface area contributed by atoms with Crippen LogP contribution in [0, 0.1) is 5.82 Å². The van der Waals surface area contributed by atoms with Gasteiger partial charge in [-0.05, 0) is 18.2 Å². The predicted octanol–water partition coefficient (Wildman–Crippen LogP) is 2.67. The lowest BCUT2D eigenvalue weighted by molar-refractivity contribution is 0.114. The maximum Gasteiger partial charge on any atom is 0.152 e. The minimum absolute atomic E-state index is 0.487. The van der Waals surface area contributed by atoms with Crippen molar-refractivity contribution >= 4 is 21.6 Å². The predicted molar refractivity (Wildman–Crippen MR) is 39.5 cm³/mol. The fourth-order valence-electron chi connectivity index (χ4n) is 0.631. The number of nitrogens with zero attached hydrogens (tertiary/aromatic N) is 1. The number of halogens is 3. The molecular weight excluding hydrogens is 220 g/mol. The molecule has 0 heterocycles. The molecule has 1 aromatic carbocycles. The first-order valence-electron chi connectivity index (χ1n) is 2.71. The standard InChI is InChI=1S/C6H4BrF2NO/c7-4-1-2-6(10(9)11)5(8)3-4/h1-3,11H. The molecule has 5 heteroatoms. The molecule has 0 fully saturated rings. The van der Waals surface area contributed by atoms with Gasteiger partial charge >= 0.3 is 0 Å². The zero-order valence-corrected chi connectivity index (χ0v) is 6.85. The van der Waals surface area contributed by atoms with Gasteiger partial charge in [0.1, 0.15) is 5.69 Å². The molecule has 2 nitrogen and oxygen atoms in total. The Bertz CT molecular complexity index is 267. The van der Waals surface area contributed by atoms with Crippen LogP contribution >= 0.6 is 15.9 Å². The number of anilines is 1. The molecule has 0 saturated heterocycles. The molecule has 0 unspecified atom stereocenters. The van der Waals surface area contributed by atoms with Crippen LogP contribution in [-0.4, -0.2) is 5.21 Å². The molecule has 0 aliphatic carbocycles. The zero-order valence-electron chi connectivity index (χ0n) is 5.26. The van der Waals surface area contributed by atoms with Gasteiger partial charge in [-0.3, -0.25) is 5.21 Å². The molecule has 0 spiro atoms. The molecule has 0 atom stereocenters. The first-order chi connectivity index (χ1) is 5.11. The normalized spacial score (nSPS) is 9.82. The maximum absolute atomic E-state index is 12.6. The number of hydrogen-bond donors (Lipinski definition) is 1. The molecule has 11 heavy (non-hydrogen) atoms. The van der Waals surface area contributed by atoms with Gasteiger partial charge in [0.05, 0.1) is 0 Å². The van der Waals surface area contributed by atoms with Crippen LogP contribution in [0.15, 0.2) is 22.7 Å². The van der Waals surface area contributed by atoms with Gasteiger partial charge in [0.15, 0.2) is 5.82 Å². The summed E-state index contributed by atoms with van der Waals surface area (Å²) in [5.74, 6) is -0.829. The summed E-state index contributed by atoms with van der Waals surface area (Å²) in [6.45, 7) is 0. The van der Waals surface area contributed by atoms with E-state index < -0.39 is 16.8 Å². The van der Waals surface area contributed by atoms with Crippen molar-refractivity contribution in [2.75, 3.05) is 5.29 Å². The van der Waals surface area contributed by atoms with Crippen LogP contribution in [0.5, 0.6) is 0 Å². The van der Waals surface area contributed by atoms with Crippen molar-refractivity contribution in [3.63, 3.8) is 0 Å². The zero-order chi connectivity index (χ0) is 8.43. The minimum Gasteiger partial charge on any atom is -0.260 e. The van der Waals surface area contributed by atoms with Gasteiger partial charge in [-0.1, -0.05) is 25.7 Å². The summed E-state index contributed by atoms with van der Waals surface area (Å²) >= 11 is 2.98. The van der Waals surface area contributed by atoms with E-state index in [-0.39, 0.29) is 0 Å². The second kappa shape index (κ2) is 3.15. The Morgan fingerprint density at radius 2 is 2.09 bits per heavy atom. The summed E-state index contributed by atoms with van der Waals surface area (Å²) in [6.07, 6.45) is 0. The summed E-state index contributed by atoms with van der Waals surface area (Å²) in [7, 11) is 0. The smallest absolute Gasteiger partial charge is 0.152 e. The van der Waals surface area contributed by atoms with Gasteiger partial charge < -0.3 is 0 Å².